The molecule has 4 aromatic rings. The van der Waals surface area contributed by atoms with Gasteiger partial charge in [0, 0.05) is 7.05 Å². The molecule has 1 N–H and O–H groups in total. The van der Waals surface area contributed by atoms with Gasteiger partial charge in [-0.3, -0.25) is 9.59 Å². The Morgan fingerprint density at radius 1 is 1.10 bits per heavy atom. The number of para-hydroxylation sites is 1. The van der Waals surface area contributed by atoms with Gasteiger partial charge < -0.3 is 5.32 Å². The number of thiazole rings is 2. The van der Waals surface area contributed by atoms with Crippen LogP contribution in [-0.4, -0.2) is 25.7 Å². The number of carbonyl (C=O) groups is 1. The highest BCUT2D eigenvalue weighted by atomic mass is 32.1. The molecule has 0 aliphatic carbocycles. The van der Waals surface area contributed by atoms with E-state index in [1.807, 2.05) is 38.1 Å². The molecule has 4 rings (SSSR count). The summed E-state index contributed by atoms with van der Waals surface area (Å²) in [5.74, 6) is -0.217. The molecule has 7 nitrogen and oxygen atoms in total. The van der Waals surface area contributed by atoms with Crippen molar-refractivity contribution in [3.05, 3.63) is 61.5 Å². The van der Waals surface area contributed by atoms with Gasteiger partial charge in [-0.2, -0.15) is 5.10 Å². The number of aryl methyl sites for hydroxylation is 3. The van der Waals surface area contributed by atoms with Crippen molar-refractivity contribution in [2.45, 2.75) is 27.3 Å². The van der Waals surface area contributed by atoms with Crippen molar-refractivity contribution in [1.82, 2.24) is 25.1 Å². The molecule has 0 aliphatic rings. The second-order valence-corrected chi connectivity index (χ2v) is 8.82. The predicted octanol–water partition coefficient (Wildman–Crippen LogP) is 3.37. The summed E-state index contributed by atoms with van der Waals surface area (Å²) in [4.78, 5) is 34.9. The van der Waals surface area contributed by atoms with Crippen LogP contribution in [0.2, 0.25) is 0 Å². The fourth-order valence-corrected chi connectivity index (χ4v) is 5.03. The third-order valence-corrected chi connectivity index (χ3v) is 6.89. The van der Waals surface area contributed by atoms with E-state index in [1.54, 1.807) is 25.3 Å². The van der Waals surface area contributed by atoms with E-state index in [4.69, 9.17) is 0 Å². The van der Waals surface area contributed by atoms with Crippen molar-refractivity contribution < 1.29 is 4.79 Å². The van der Waals surface area contributed by atoms with E-state index >= 15 is 0 Å². The molecule has 0 saturated heterocycles. The highest BCUT2D eigenvalue weighted by Crippen LogP contribution is 2.29. The van der Waals surface area contributed by atoms with Gasteiger partial charge in [-0.25, -0.2) is 14.6 Å². The third kappa shape index (κ3) is 3.58. The first-order chi connectivity index (χ1) is 13.8. The Bertz CT molecular complexity index is 1270. The Morgan fingerprint density at radius 3 is 2.62 bits per heavy atom. The van der Waals surface area contributed by atoms with E-state index < -0.39 is 0 Å². The van der Waals surface area contributed by atoms with Crippen molar-refractivity contribution >= 4 is 38.8 Å². The van der Waals surface area contributed by atoms with E-state index in [0.717, 1.165) is 26.5 Å². The normalized spacial score (nSPS) is 11.2. The van der Waals surface area contributed by atoms with Gasteiger partial charge in [0.15, 0.2) is 0 Å². The van der Waals surface area contributed by atoms with E-state index in [2.05, 4.69) is 20.4 Å². The number of amides is 1. The lowest BCUT2D eigenvalue weighted by Gasteiger charge is -2.07. The van der Waals surface area contributed by atoms with Gasteiger partial charge >= 0.3 is 0 Å². The smallest absolute Gasteiger partial charge is 0.277 e. The van der Waals surface area contributed by atoms with Gasteiger partial charge in [0.25, 0.3) is 11.5 Å². The summed E-state index contributed by atoms with van der Waals surface area (Å²) in [7, 11) is 1.62. The summed E-state index contributed by atoms with van der Waals surface area (Å²) in [5, 5.41) is 8.50. The minimum Gasteiger partial charge on any atom is -0.345 e. The van der Waals surface area contributed by atoms with Crippen LogP contribution in [0.3, 0.4) is 0 Å². The monoisotopic (exact) mass is 425 g/mol. The fraction of sp³-hybridized carbons (Fsp3) is 0.250. The van der Waals surface area contributed by atoms with E-state index in [-0.39, 0.29) is 11.5 Å². The zero-order valence-corrected chi connectivity index (χ0v) is 18.1. The Balaban J connectivity index is 1.59. The largest absolute Gasteiger partial charge is 0.345 e. The number of aromatic nitrogens is 4. The van der Waals surface area contributed by atoms with Crippen LogP contribution in [0.1, 0.15) is 31.6 Å². The molecular weight excluding hydrogens is 406 g/mol. The molecule has 0 saturated carbocycles. The molecule has 3 aromatic heterocycles. The maximum atomic E-state index is 12.7. The maximum Gasteiger partial charge on any atom is 0.277 e. The van der Waals surface area contributed by atoms with Gasteiger partial charge in [-0.05, 0) is 38.5 Å². The first kappa shape index (κ1) is 19.4. The van der Waals surface area contributed by atoms with Crippen molar-refractivity contribution in [3.8, 4) is 10.6 Å². The Kier molecular flexibility index (Phi) is 5.01. The van der Waals surface area contributed by atoms with Gasteiger partial charge in [0.2, 0.25) is 0 Å². The number of fused-ring (bicyclic) bond motifs is 1. The molecule has 1 aromatic carbocycles. The van der Waals surface area contributed by atoms with Crippen LogP contribution >= 0.6 is 22.7 Å². The number of nitrogens with zero attached hydrogens (tertiary/aromatic N) is 4. The van der Waals surface area contributed by atoms with E-state index in [1.165, 1.54) is 16.0 Å². The second-order valence-electron chi connectivity index (χ2n) is 6.71. The first-order valence-corrected chi connectivity index (χ1v) is 10.6. The third-order valence-electron chi connectivity index (χ3n) is 4.68. The summed E-state index contributed by atoms with van der Waals surface area (Å²) in [5.41, 5.74) is 3.35. The summed E-state index contributed by atoms with van der Waals surface area (Å²) >= 11 is 2.78. The second kappa shape index (κ2) is 7.49. The standard InChI is InChI=1S/C20H19N5O2S2/c1-10-11(2)24-25(4)20(27)16(10)19-22-12(3)17(29-19)18(26)21-9-15-23-13-7-5-6-8-14(13)28-15/h5-8H,9H2,1-4H3,(H,21,26). The molecule has 0 unspecified atom stereocenters. The maximum absolute atomic E-state index is 12.7. The molecule has 1 amide bonds. The van der Waals surface area contributed by atoms with Crippen LogP contribution in [0, 0.1) is 20.8 Å². The molecule has 0 spiro atoms. The molecule has 0 aliphatic heterocycles. The van der Waals surface area contributed by atoms with Gasteiger partial charge in [0.05, 0.1) is 33.7 Å². The average Bonchev–Trinajstić information content (AvgIpc) is 3.28. The quantitative estimate of drug-likeness (QED) is 0.541. The summed E-state index contributed by atoms with van der Waals surface area (Å²) in [6, 6.07) is 7.88. The molecular formula is C20H19N5O2S2. The number of carbonyl (C=O) groups excluding carboxylic acids is 1. The molecule has 0 radical (unpaired) electrons. The number of hydrogen-bond acceptors (Lipinski definition) is 7. The van der Waals surface area contributed by atoms with Crippen molar-refractivity contribution in [3.63, 3.8) is 0 Å². The lowest BCUT2D eigenvalue weighted by molar-refractivity contribution is 0.0954. The summed E-state index contributed by atoms with van der Waals surface area (Å²) < 4.78 is 2.40. The number of benzene rings is 1. The SMILES string of the molecule is Cc1nc(-c2c(C)c(C)nn(C)c2=O)sc1C(=O)NCc1nc2ccccc2s1. The number of rotatable bonds is 4. The number of nitrogens with one attached hydrogen (secondary N) is 1. The molecule has 0 fully saturated rings. The molecule has 0 bridgehead atoms. The van der Waals surface area contributed by atoms with Gasteiger partial charge in [-0.15, -0.1) is 22.7 Å². The van der Waals surface area contributed by atoms with Crippen LogP contribution in [0.25, 0.3) is 20.8 Å². The molecule has 148 valence electrons. The van der Waals surface area contributed by atoms with Gasteiger partial charge in [-0.1, -0.05) is 12.1 Å². The summed E-state index contributed by atoms with van der Waals surface area (Å²) in [6.45, 7) is 5.83. The lowest BCUT2D eigenvalue weighted by atomic mass is 10.1. The van der Waals surface area contributed by atoms with E-state index in [0.29, 0.717) is 27.7 Å². The highest BCUT2D eigenvalue weighted by Gasteiger charge is 2.21. The zero-order chi connectivity index (χ0) is 20.7. The minimum atomic E-state index is -0.219. The predicted molar refractivity (Wildman–Crippen MR) is 116 cm³/mol. The minimum absolute atomic E-state index is 0.217. The molecule has 0 atom stereocenters. The van der Waals surface area contributed by atoms with Crippen LogP contribution in [0.5, 0.6) is 0 Å². The Hall–Kier alpha value is -2.91. The van der Waals surface area contributed by atoms with Crippen LogP contribution in [0.15, 0.2) is 29.1 Å². The van der Waals surface area contributed by atoms with Crippen LogP contribution in [0.4, 0.5) is 0 Å². The van der Waals surface area contributed by atoms with E-state index in [9.17, 15) is 9.59 Å². The van der Waals surface area contributed by atoms with Crippen molar-refractivity contribution in [2.75, 3.05) is 0 Å². The zero-order valence-electron chi connectivity index (χ0n) is 16.4. The van der Waals surface area contributed by atoms with Crippen LogP contribution < -0.4 is 10.9 Å². The van der Waals surface area contributed by atoms with Crippen molar-refractivity contribution in [1.29, 1.82) is 0 Å². The lowest BCUT2D eigenvalue weighted by Crippen LogP contribution is -2.23. The molecule has 29 heavy (non-hydrogen) atoms. The Morgan fingerprint density at radius 2 is 1.86 bits per heavy atom. The van der Waals surface area contributed by atoms with Crippen molar-refractivity contribution in [2.24, 2.45) is 7.05 Å². The fourth-order valence-electron chi connectivity index (χ4n) is 3.05. The Labute approximate surface area is 175 Å². The topological polar surface area (TPSA) is 89.8 Å². The van der Waals surface area contributed by atoms with Gasteiger partial charge in [0.1, 0.15) is 14.9 Å². The summed E-state index contributed by atoms with van der Waals surface area (Å²) in [6.07, 6.45) is 0. The molecule has 9 heteroatoms. The number of hydrogen-bond donors (Lipinski definition) is 1. The average molecular weight is 426 g/mol. The van der Waals surface area contributed by atoms with Crippen LogP contribution in [-0.2, 0) is 13.6 Å². The first-order valence-electron chi connectivity index (χ1n) is 9.00. The highest BCUT2D eigenvalue weighted by molar-refractivity contribution is 7.18. The molecule has 3 heterocycles.